The summed E-state index contributed by atoms with van der Waals surface area (Å²) in [4.78, 5) is 0. The molecule has 0 amide bonds. The summed E-state index contributed by atoms with van der Waals surface area (Å²) < 4.78 is 0. The zero-order valence-corrected chi connectivity index (χ0v) is 9.93. The molecule has 88 valence electrons. The highest BCUT2D eigenvalue weighted by molar-refractivity contribution is 4.74. The lowest BCUT2D eigenvalue weighted by Gasteiger charge is -2.17. The van der Waals surface area contributed by atoms with Crippen LogP contribution in [0.2, 0.25) is 0 Å². The number of hydrogen-bond acceptors (Lipinski definition) is 2. The zero-order chi connectivity index (χ0) is 10.3. The lowest BCUT2D eigenvalue weighted by molar-refractivity contribution is 0.419. The van der Waals surface area contributed by atoms with Crippen molar-refractivity contribution in [1.29, 1.82) is 0 Å². The van der Waals surface area contributed by atoms with Gasteiger partial charge in [-0.1, -0.05) is 25.7 Å². The minimum absolute atomic E-state index is 0.793. The van der Waals surface area contributed by atoms with Crippen LogP contribution in [0.5, 0.6) is 0 Å². The number of rotatable bonds is 4. The van der Waals surface area contributed by atoms with Crippen molar-refractivity contribution < 1.29 is 0 Å². The van der Waals surface area contributed by atoms with Crippen LogP contribution in [-0.4, -0.2) is 25.7 Å². The maximum absolute atomic E-state index is 3.75. The average Bonchev–Trinajstić information content (AvgIpc) is 2.62. The quantitative estimate of drug-likeness (QED) is 0.744. The topological polar surface area (TPSA) is 24.1 Å². The Balaban J connectivity index is 1.55. The molecule has 0 aromatic carbocycles. The normalized spacial score (nSPS) is 29.2. The molecule has 2 fully saturated rings. The third-order valence-corrected chi connectivity index (χ3v) is 4.04. The van der Waals surface area contributed by atoms with Crippen molar-refractivity contribution in [3.63, 3.8) is 0 Å². The Labute approximate surface area is 94.2 Å². The van der Waals surface area contributed by atoms with E-state index in [4.69, 9.17) is 0 Å². The SMILES string of the molecule is C1CCC(CCNC2CCCNCC2)C1. The van der Waals surface area contributed by atoms with Gasteiger partial charge in [-0.2, -0.15) is 0 Å². The Kier molecular flexibility index (Phi) is 4.94. The van der Waals surface area contributed by atoms with Gasteiger partial charge in [0.05, 0.1) is 0 Å². The summed E-state index contributed by atoms with van der Waals surface area (Å²) in [6.45, 7) is 3.69. The predicted molar refractivity (Wildman–Crippen MR) is 65.1 cm³/mol. The van der Waals surface area contributed by atoms with Gasteiger partial charge < -0.3 is 10.6 Å². The maximum atomic E-state index is 3.75. The summed E-state index contributed by atoms with van der Waals surface area (Å²) in [5.74, 6) is 1.04. The summed E-state index contributed by atoms with van der Waals surface area (Å²) in [5, 5.41) is 7.22. The second-order valence-corrected chi connectivity index (χ2v) is 5.27. The second-order valence-electron chi connectivity index (χ2n) is 5.27. The summed E-state index contributed by atoms with van der Waals surface area (Å²) in [5.41, 5.74) is 0. The lowest BCUT2D eigenvalue weighted by Crippen LogP contribution is -2.31. The molecule has 2 N–H and O–H groups in total. The minimum atomic E-state index is 0.793. The van der Waals surface area contributed by atoms with Gasteiger partial charge in [0, 0.05) is 6.04 Å². The van der Waals surface area contributed by atoms with E-state index in [1.807, 2.05) is 0 Å². The molecule has 0 aromatic heterocycles. The molecule has 1 saturated carbocycles. The van der Waals surface area contributed by atoms with Gasteiger partial charge in [0.2, 0.25) is 0 Å². The van der Waals surface area contributed by atoms with Gasteiger partial charge in [0.25, 0.3) is 0 Å². The molecule has 2 aliphatic rings. The Morgan fingerprint density at radius 3 is 2.67 bits per heavy atom. The summed E-state index contributed by atoms with van der Waals surface area (Å²) in [7, 11) is 0. The molecule has 1 unspecified atom stereocenters. The Bertz CT molecular complexity index is 156. The molecule has 1 aliphatic heterocycles. The van der Waals surface area contributed by atoms with Gasteiger partial charge >= 0.3 is 0 Å². The molecular weight excluding hydrogens is 184 g/mol. The predicted octanol–water partition coefficient (Wildman–Crippen LogP) is 2.30. The second kappa shape index (κ2) is 6.49. The van der Waals surface area contributed by atoms with Crippen molar-refractivity contribution in [2.75, 3.05) is 19.6 Å². The molecule has 1 aliphatic carbocycles. The molecule has 1 heterocycles. The maximum Gasteiger partial charge on any atom is 0.00796 e. The highest BCUT2D eigenvalue weighted by Gasteiger charge is 2.15. The summed E-state index contributed by atoms with van der Waals surface area (Å²) in [6.07, 6.45) is 11.4. The van der Waals surface area contributed by atoms with Gasteiger partial charge in [-0.05, 0) is 51.2 Å². The Morgan fingerprint density at radius 1 is 0.933 bits per heavy atom. The monoisotopic (exact) mass is 210 g/mol. The van der Waals surface area contributed by atoms with Crippen LogP contribution >= 0.6 is 0 Å². The van der Waals surface area contributed by atoms with Crippen LogP contribution in [0, 0.1) is 5.92 Å². The Hall–Kier alpha value is -0.0800. The number of nitrogens with one attached hydrogen (secondary N) is 2. The largest absolute Gasteiger partial charge is 0.317 e. The summed E-state index contributed by atoms with van der Waals surface area (Å²) >= 11 is 0. The third kappa shape index (κ3) is 4.12. The fourth-order valence-corrected chi connectivity index (χ4v) is 3.01. The molecule has 1 saturated heterocycles. The van der Waals surface area contributed by atoms with E-state index >= 15 is 0 Å². The first kappa shape index (κ1) is 11.4. The van der Waals surface area contributed by atoms with E-state index in [0.717, 1.165) is 12.0 Å². The van der Waals surface area contributed by atoms with Crippen LogP contribution in [0.3, 0.4) is 0 Å². The fourth-order valence-electron chi connectivity index (χ4n) is 3.01. The van der Waals surface area contributed by atoms with Crippen molar-refractivity contribution in [3.8, 4) is 0 Å². The van der Waals surface area contributed by atoms with E-state index in [-0.39, 0.29) is 0 Å². The van der Waals surface area contributed by atoms with E-state index in [2.05, 4.69) is 10.6 Å². The zero-order valence-electron chi connectivity index (χ0n) is 9.93. The van der Waals surface area contributed by atoms with Crippen LogP contribution < -0.4 is 10.6 Å². The van der Waals surface area contributed by atoms with Crippen molar-refractivity contribution in [1.82, 2.24) is 10.6 Å². The van der Waals surface area contributed by atoms with Gasteiger partial charge in [0.15, 0.2) is 0 Å². The standard InChI is InChI=1S/C13H26N2/c1-2-5-12(4-1)7-11-15-13-6-3-9-14-10-8-13/h12-15H,1-11H2. The fraction of sp³-hybridized carbons (Fsp3) is 1.00. The van der Waals surface area contributed by atoms with Crippen LogP contribution in [-0.2, 0) is 0 Å². The molecule has 2 rings (SSSR count). The molecule has 1 atom stereocenters. The number of hydrogen-bond donors (Lipinski definition) is 2. The van der Waals surface area contributed by atoms with Crippen LogP contribution in [0.25, 0.3) is 0 Å². The van der Waals surface area contributed by atoms with Gasteiger partial charge in [-0.3, -0.25) is 0 Å². The molecule has 2 heteroatoms. The van der Waals surface area contributed by atoms with Gasteiger partial charge in [0.1, 0.15) is 0 Å². The Morgan fingerprint density at radius 2 is 1.80 bits per heavy atom. The van der Waals surface area contributed by atoms with Crippen molar-refractivity contribution >= 4 is 0 Å². The minimum Gasteiger partial charge on any atom is -0.317 e. The first-order chi connectivity index (χ1) is 7.45. The van der Waals surface area contributed by atoms with E-state index in [9.17, 15) is 0 Å². The van der Waals surface area contributed by atoms with E-state index in [1.165, 1.54) is 71.0 Å². The van der Waals surface area contributed by atoms with Crippen LogP contribution in [0.4, 0.5) is 0 Å². The molecular formula is C13H26N2. The molecule has 0 aromatic rings. The first-order valence-corrected chi connectivity index (χ1v) is 6.89. The van der Waals surface area contributed by atoms with E-state index < -0.39 is 0 Å². The van der Waals surface area contributed by atoms with E-state index in [0.29, 0.717) is 0 Å². The molecule has 2 nitrogen and oxygen atoms in total. The first-order valence-electron chi connectivity index (χ1n) is 6.89. The highest BCUT2D eigenvalue weighted by Crippen LogP contribution is 2.27. The third-order valence-electron chi connectivity index (χ3n) is 4.04. The van der Waals surface area contributed by atoms with Crippen molar-refractivity contribution in [2.45, 2.75) is 57.4 Å². The smallest absolute Gasteiger partial charge is 0.00796 e. The highest BCUT2D eigenvalue weighted by atomic mass is 14.9. The molecule has 15 heavy (non-hydrogen) atoms. The molecule has 0 radical (unpaired) electrons. The van der Waals surface area contributed by atoms with Gasteiger partial charge in [-0.25, -0.2) is 0 Å². The van der Waals surface area contributed by atoms with Crippen molar-refractivity contribution in [3.05, 3.63) is 0 Å². The lowest BCUT2D eigenvalue weighted by atomic mass is 10.0. The molecule has 0 bridgehead atoms. The van der Waals surface area contributed by atoms with Gasteiger partial charge in [-0.15, -0.1) is 0 Å². The molecule has 0 spiro atoms. The average molecular weight is 210 g/mol. The van der Waals surface area contributed by atoms with Crippen LogP contribution in [0.15, 0.2) is 0 Å². The van der Waals surface area contributed by atoms with Crippen molar-refractivity contribution in [2.24, 2.45) is 5.92 Å². The van der Waals surface area contributed by atoms with Crippen LogP contribution in [0.1, 0.15) is 51.4 Å². The summed E-state index contributed by atoms with van der Waals surface area (Å²) in [6, 6.07) is 0.793. The van der Waals surface area contributed by atoms with E-state index in [1.54, 1.807) is 0 Å².